The van der Waals surface area contributed by atoms with E-state index in [2.05, 4.69) is 18.7 Å². The minimum Gasteiger partial charge on any atom is -0.378 e. The molecule has 0 aromatic rings. The van der Waals surface area contributed by atoms with Gasteiger partial charge in [0.25, 0.3) is 0 Å². The van der Waals surface area contributed by atoms with Gasteiger partial charge >= 0.3 is 0 Å². The molecule has 3 unspecified atom stereocenters. The van der Waals surface area contributed by atoms with Crippen LogP contribution in [0, 0.1) is 0 Å². The maximum Gasteiger partial charge on any atom is 0.107 e. The first-order valence-electron chi connectivity index (χ1n) is 5.12. The van der Waals surface area contributed by atoms with Gasteiger partial charge < -0.3 is 5.11 Å². The monoisotopic (exact) mass is 171 g/mol. The lowest BCUT2D eigenvalue weighted by Crippen LogP contribution is -2.49. The summed E-state index contributed by atoms with van der Waals surface area (Å²) < 4.78 is 0. The third-order valence-electron chi connectivity index (χ3n) is 2.97. The van der Waals surface area contributed by atoms with Crippen LogP contribution in [0.1, 0.15) is 46.5 Å². The second-order valence-corrected chi connectivity index (χ2v) is 3.97. The van der Waals surface area contributed by atoms with Crippen LogP contribution in [-0.2, 0) is 0 Å². The van der Waals surface area contributed by atoms with E-state index in [0.717, 1.165) is 6.42 Å². The van der Waals surface area contributed by atoms with E-state index in [1.807, 2.05) is 6.92 Å². The molecule has 0 saturated carbocycles. The third-order valence-corrected chi connectivity index (χ3v) is 2.97. The predicted octanol–water partition coefficient (Wildman–Crippen LogP) is 1.98. The van der Waals surface area contributed by atoms with E-state index in [4.69, 9.17) is 0 Å². The van der Waals surface area contributed by atoms with Crippen LogP contribution in [0.4, 0.5) is 0 Å². The largest absolute Gasteiger partial charge is 0.378 e. The topological polar surface area (TPSA) is 23.5 Å². The van der Waals surface area contributed by atoms with Crippen molar-refractivity contribution in [2.45, 2.75) is 64.8 Å². The molecule has 1 aliphatic heterocycles. The summed E-state index contributed by atoms with van der Waals surface area (Å²) in [5, 5.41) is 9.75. The molecule has 0 aromatic carbocycles. The molecule has 1 heterocycles. The van der Waals surface area contributed by atoms with E-state index >= 15 is 0 Å². The van der Waals surface area contributed by atoms with E-state index < -0.39 is 0 Å². The van der Waals surface area contributed by atoms with E-state index in [1.165, 1.54) is 19.3 Å². The normalized spacial score (nSPS) is 35.0. The zero-order chi connectivity index (χ0) is 9.14. The van der Waals surface area contributed by atoms with Crippen molar-refractivity contribution in [3.63, 3.8) is 0 Å². The summed E-state index contributed by atoms with van der Waals surface area (Å²) in [7, 11) is 0. The first kappa shape index (κ1) is 10.0. The Morgan fingerprint density at radius 1 is 1.33 bits per heavy atom. The number of hydrogen-bond acceptors (Lipinski definition) is 2. The lowest BCUT2D eigenvalue weighted by atomic mass is 9.97. The summed E-state index contributed by atoms with van der Waals surface area (Å²) in [5.41, 5.74) is 0. The van der Waals surface area contributed by atoms with Gasteiger partial charge in [0.15, 0.2) is 0 Å². The Kier molecular flexibility index (Phi) is 3.53. The molecule has 0 aliphatic carbocycles. The van der Waals surface area contributed by atoms with Crippen LogP contribution in [0.3, 0.4) is 0 Å². The Hall–Kier alpha value is -0.0800. The smallest absolute Gasteiger partial charge is 0.107 e. The number of rotatable bonds is 2. The first-order valence-corrected chi connectivity index (χ1v) is 5.12. The van der Waals surface area contributed by atoms with E-state index in [9.17, 15) is 5.11 Å². The summed E-state index contributed by atoms with van der Waals surface area (Å²) in [6.45, 7) is 6.47. The fraction of sp³-hybridized carbons (Fsp3) is 1.00. The molecule has 2 nitrogen and oxygen atoms in total. The van der Waals surface area contributed by atoms with Crippen molar-refractivity contribution in [3.05, 3.63) is 0 Å². The van der Waals surface area contributed by atoms with E-state index in [-0.39, 0.29) is 6.23 Å². The molecule has 1 fully saturated rings. The van der Waals surface area contributed by atoms with Crippen LogP contribution >= 0.6 is 0 Å². The van der Waals surface area contributed by atoms with Gasteiger partial charge in [0.2, 0.25) is 0 Å². The fourth-order valence-corrected chi connectivity index (χ4v) is 2.24. The first-order chi connectivity index (χ1) is 5.66. The van der Waals surface area contributed by atoms with Gasteiger partial charge in [0, 0.05) is 12.1 Å². The number of hydrogen-bond donors (Lipinski definition) is 1. The standard InChI is InChI=1S/C10H21NO/c1-4-10(12)11-8(2)6-5-7-9(11)3/h8-10,12H,4-7H2,1-3H3. The lowest BCUT2D eigenvalue weighted by Gasteiger charge is -2.41. The number of aliphatic hydroxyl groups excluding tert-OH is 1. The third kappa shape index (κ3) is 1.99. The predicted molar refractivity (Wildman–Crippen MR) is 50.9 cm³/mol. The molecule has 1 saturated heterocycles. The highest BCUT2D eigenvalue weighted by Crippen LogP contribution is 2.24. The molecule has 72 valence electrons. The number of aliphatic hydroxyl groups is 1. The van der Waals surface area contributed by atoms with E-state index in [0.29, 0.717) is 12.1 Å². The van der Waals surface area contributed by atoms with Crippen molar-refractivity contribution in [2.24, 2.45) is 0 Å². The molecular weight excluding hydrogens is 150 g/mol. The molecule has 0 aromatic heterocycles. The quantitative estimate of drug-likeness (QED) is 0.686. The maximum absolute atomic E-state index is 9.75. The summed E-state index contributed by atoms with van der Waals surface area (Å²) >= 11 is 0. The summed E-state index contributed by atoms with van der Waals surface area (Å²) in [5.74, 6) is 0. The van der Waals surface area contributed by atoms with Crippen molar-refractivity contribution in [1.29, 1.82) is 0 Å². The van der Waals surface area contributed by atoms with E-state index in [1.54, 1.807) is 0 Å². The van der Waals surface area contributed by atoms with Crippen LogP contribution in [-0.4, -0.2) is 28.3 Å². The van der Waals surface area contributed by atoms with Crippen LogP contribution < -0.4 is 0 Å². The number of likely N-dealkylation sites (tertiary alicyclic amines) is 1. The van der Waals surface area contributed by atoms with Crippen LogP contribution in [0.15, 0.2) is 0 Å². The van der Waals surface area contributed by atoms with Gasteiger partial charge in [-0.05, 0) is 33.1 Å². The van der Waals surface area contributed by atoms with Gasteiger partial charge in [-0.25, -0.2) is 0 Å². The minimum atomic E-state index is -0.227. The molecular formula is C10H21NO. The average Bonchev–Trinajstić information content (AvgIpc) is 2.03. The average molecular weight is 171 g/mol. The summed E-state index contributed by atoms with van der Waals surface area (Å²) in [6, 6.07) is 1.12. The highest BCUT2D eigenvalue weighted by Gasteiger charge is 2.28. The summed E-state index contributed by atoms with van der Waals surface area (Å²) in [6.07, 6.45) is 4.41. The van der Waals surface area contributed by atoms with Gasteiger partial charge in [-0.2, -0.15) is 0 Å². The summed E-state index contributed by atoms with van der Waals surface area (Å²) in [4.78, 5) is 2.25. The van der Waals surface area contributed by atoms with Gasteiger partial charge in [-0.1, -0.05) is 13.3 Å². The molecule has 0 amide bonds. The highest BCUT2D eigenvalue weighted by atomic mass is 16.3. The van der Waals surface area contributed by atoms with Gasteiger partial charge in [-0.3, -0.25) is 4.90 Å². The Labute approximate surface area is 75.6 Å². The Balaban J connectivity index is 2.56. The molecule has 12 heavy (non-hydrogen) atoms. The second-order valence-electron chi connectivity index (χ2n) is 3.97. The molecule has 3 atom stereocenters. The molecule has 0 radical (unpaired) electrons. The second kappa shape index (κ2) is 4.24. The Morgan fingerprint density at radius 3 is 2.25 bits per heavy atom. The van der Waals surface area contributed by atoms with Gasteiger partial charge in [0.1, 0.15) is 6.23 Å². The molecule has 0 bridgehead atoms. The Morgan fingerprint density at radius 2 is 1.83 bits per heavy atom. The van der Waals surface area contributed by atoms with Crippen LogP contribution in [0.25, 0.3) is 0 Å². The zero-order valence-electron chi connectivity index (χ0n) is 8.45. The van der Waals surface area contributed by atoms with Crippen molar-refractivity contribution >= 4 is 0 Å². The van der Waals surface area contributed by atoms with Crippen LogP contribution in [0.5, 0.6) is 0 Å². The zero-order valence-corrected chi connectivity index (χ0v) is 8.45. The van der Waals surface area contributed by atoms with Gasteiger partial charge in [0.05, 0.1) is 0 Å². The molecule has 1 aliphatic rings. The van der Waals surface area contributed by atoms with Crippen molar-refractivity contribution in [3.8, 4) is 0 Å². The van der Waals surface area contributed by atoms with Gasteiger partial charge in [-0.15, -0.1) is 0 Å². The molecule has 0 spiro atoms. The molecule has 1 rings (SSSR count). The number of nitrogens with zero attached hydrogens (tertiary/aromatic N) is 1. The fourth-order valence-electron chi connectivity index (χ4n) is 2.24. The molecule has 1 N–H and O–H groups in total. The molecule has 2 heteroatoms. The van der Waals surface area contributed by atoms with Crippen molar-refractivity contribution < 1.29 is 5.11 Å². The number of piperidine rings is 1. The lowest BCUT2D eigenvalue weighted by molar-refractivity contribution is -0.0646. The Bertz CT molecular complexity index is 122. The SMILES string of the molecule is CCC(O)N1C(C)CCCC1C. The highest BCUT2D eigenvalue weighted by molar-refractivity contribution is 4.80. The minimum absolute atomic E-state index is 0.227. The van der Waals surface area contributed by atoms with Crippen molar-refractivity contribution in [2.75, 3.05) is 0 Å². The maximum atomic E-state index is 9.75. The van der Waals surface area contributed by atoms with Crippen LogP contribution in [0.2, 0.25) is 0 Å². The van der Waals surface area contributed by atoms with Crippen molar-refractivity contribution in [1.82, 2.24) is 4.90 Å².